The summed E-state index contributed by atoms with van der Waals surface area (Å²) in [6.07, 6.45) is 0. The first-order valence-corrected chi connectivity index (χ1v) is 8.11. The molecule has 1 aliphatic heterocycles. The van der Waals surface area contributed by atoms with E-state index in [9.17, 15) is 10.1 Å². The van der Waals surface area contributed by atoms with Crippen molar-refractivity contribution in [2.24, 2.45) is 0 Å². The first-order valence-electron chi connectivity index (χ1n) is 8.11. The van der Waals surface area contributed by atoms with Crippen molar-refractivity contribution in [1.29, 1.82) is 0 Å². The predicted molar refractivity (Wildman–Crippen MR) is 92.7 cm³/mol. The Morgan fingerprint density at radius 2 is 1.71 bits per heavy atom. The molecule has 0 aromatic heterocycles. The van der Waals surface area contributed by atoms with E-state index in [1.165, 1.54) is 5.56 Å². The molecule has 0 unspecified atom stereocenters. The second kappa shape index (κ2) is 7.31. The average Bonchev–Trinajstić information content (AvgIpc) is 2.63. The van der Waals surface area contributed by atoms with Gasteiger partial charge >= 0.3 is 0 Å². The highest BCUT2D eigenvalue weighted by Gasteiger charge is 2.20. The van der Waals surface area contributed by atoms with E-state index in [-0.39, 0.29) is 10.6 Å². The zero-order chi connectivity index (χ0) is 16.9. The molecule has 0 atom stereocenters. The Morgan fingerprint density at radius 1 is 1.08 bits per heavy atom. The highest BCUT2D eigenvalue weighted by Crippen LogP contribution is 2.19. The maximum atomic E-state index is 10.7. The number of hydrogen-bond donors (Lipinski definition) is 1. The van der Waals surface area contributed by atoms with Crippen LogP contribution >= 0.6 is 0 Å². The molecular formula is C18H22N3O3+. The first kappa shape index (κ1) is 16.3. The Bertz CT molecular complexity index is 678. The molecule has 3 rings (SSSR count). The topological polar surface area (TPSA) is 60.0 Å². The van der Waals surface area contributed by atoms with Crippen LogP contribution in [0.2, 0.25) is 0 Å². The van der Waals surface area contributed by atoms with Crippen LogP contribution in [0.5, 0.6) is 5.75 Å². The van der Waals surface area contributed by atoms with Crippen LogP contribution in [0.1, 0.15) is 5.56 Å². The molecular weight excluding hydrogens is 306 g/mol. The number of nitro groups is 1. The molecule has 2 aromatic carbocycles. The summed E-state index contributed by atoms with van der Waals surface area (Å²) in [7, 11) is 1.68. The van der Waals surface area contributed by atoms with Gasteiger partial charge in [-0.3, -0.25) is 10.1 Å². The highest BCUT2D eigenvalue weighted by atomic mass is 16.6. The predicted octanol–water partition coefficient (Wildman–Crippen LogP) is 1.51. The van der Waals surface area contributed by atoms with Gasteiger partial charge in [-0.25, -0.2) is 0 Å². The lowest BCUT2D eigenvalue weighted by Crippen LogP contribution is -3.13. The van der Waals surface area contributed by atoms with Crippen molar-refractivity contribution in [3.8, 4) is 5.75 Å². The van der Waals surface area contributed by atoms with E-state index in [4.69, 9.17) is 4.74 Å². The average molecular weight is 328 g/mol. The molecule has 0 radical (unpaired) electrons. The largest absolute Gasteiger partial charge is 0.497 e. The third-order valence-corrected chi connectivity index (χ3v) is 4.51. The van der Waals surface area contributed by atoms with Gasteiger partial charge in [0.15, 0.2) is 0 Å². The fourth-order valence-corrected chi connectivity index (χ4v) is 3.08. The van der Waals surface area contributed by atoms with Crippen LogP contribution in [0.3, 0.4) is 0 Å². The molecule has 6 nitrogen and oxygen atoms in total. The lowest BCUT2D eigenvalue weighted by Gasteiger charge is -2.33. The smallest absolute Gasteiger partial charge is 0.269 e. The van der Waals surface area contributed by atoms with Gasteiger partial charge in [-0.05, 0) is 36.4 Å². The molecule has 1 N–H and O–H groups in total. The van der Waals surface area contributed by atoms with Crippen molar-refractivity contribution in [2.75, 3.05) is 38.2 Å². The maximum absolute atomic E-state index is 10.7. The molecule has 0 spiro atoms. The number of anilines is 1. The van der Waals surface area contributed by atoms with Crippen LogP contribution in [0.25, 0.3) is 0 Å². The Balaban J connectivity index is 1.54. The zero-order valence-electron chi connectivity index (χ0n) is 13.8. The minimum Gasteiger partial charge on any atom is -0.497 e. The highest BCUT2D eigenvalue weighted by molar-refractivity contribution is 5.51. The van der Waals surface area contributed by atoms with Gasteiger partial charge in [-0.2, -0.15) is 0 Å². The standard InChI is InChI=1S/C18H21N3O3/c1-24-18-8-2-15(3-9-18)14-19-10-12-20(13-11-19)16-4-6-17(7-5-16)21(22)23/h2-9H,10-14H2,1H3/p+1. The monoisotopic (exact) mass is 328 g/mol. The summed E-state index contributed by atoms with van der Waals surface area (Å²) in [4.78, 5) is 14.2. The number of nitrogens with one attached hydrogen (secondary N) is 1. The maximum Gasteiger partial charge on any atom is 0.269 e. The van der Waals surface area contributed by atoms with Crippen LogP contribution in [-0.2, 0) is 6.54 Å². The van der Waals surface area contributed by atoms with Crippen molar-refractivity contribution in [1.82, 2.24) is 0 Å². The van der Waals surface area contributed by atoms with E-state index in [1.54, 1.807) is 24.1 Å². The van der Waals surface area contributed by atoms with Gasteiger partial charge in [-0.1, -0.05) is 0 Å². The normalized spacial score (nSPS) is 15.3. The SMILES string of the molecule is COc1ccc(C[NH+]2CCN(c3ccc([N+](=O)[O-])cc3)CC2)cc1. The van der Waals surface area contributed by atoms with Crippen LogP contribution in [-0.4, -0.2) is 38.2 Å². The van der Waals surface area contributed by atoms with Crippen LogP contribution in [0.4, 0.5) is 11.4 Å². The van der Waals surface area contributed by atoms with Crippen LogP contribution < -0.4 is 14.5 Å². The molecule has 0 saturated carbocycles. The number of hydrogen-bond acceptors (Lipinski definition) is 4. The number of nitrogens with zero attached hydrogens (tertiary/aromatic N) is 2. The second-order valence-corrected chi connectivity index (χ2v) is 6.04. The molecule has 24 heavy (non-hydrogen) atoms. The number of ether oxygens (including phenoxy) is 1. The molecule has 1 aliphatic rings. The van der Waals surface area contributed by atoms with E-state index in [2.05, 4.69) is 17.0 Å². The number of benzene rings is 2. The summed E-state index contributed by atoms with van der Waals surface area (Å²) in [5, 5.41) is 10.7. The van der Waals surface area contributed by atoms with Crippen molar-refractivity contribution in [3.63, 3.8) is 0 Å². The van der Waals surface area contributed by atoms with Gasteiger partial charge < -0.3 is 14.5 Å². The zero-order valence-corrected chi connectivity index (χ0v) is 13.8. The molecule has 126 valence electrons. The first-order chi connectivity index (χ1) is 11.7. The summed E-state index contributed by atoms with van der Waals surface area (Å²) in [6.45, 7) is 5.05. The number of quaternary nitrogens is 1. The molecule has 6 heteroatoms. The molecule has 0 aliphatic carbocycles. The fraction of sp³-hybridized carbons (Fsp3) is 0.333. The van der Waals surface area contributed by atoms with Crippen molar-refractivity contribution >= 4 is 11.4 Å². The lowest BCUT2D eigenvalue weighted by molar-refractivity contribution is -0.914. The molecule has 1 saturated heterocycles. The molecule has 1 heterocycles. The Hall–Kier alpha value is -2.60. The molecule has 0 amide bonds. The fourth-order valence-electron chi connectivity index (χ4n) is 3.08. The van der Waals surface area contributed by atoms with Crippen molar-refractivity contribution < 1.29 is 14.6 Å². The number of rotatable bonds is 5. The van der Waals surface area contributed by atoms with Gasteiger partial charge in [0, 0.05) is 23.4 Å². The summed E-state index contributed by atoms with van der Waals surface area (Å²) in [6, 6.07) is 15.1. The number of nitro benzene ring substituents is 1. The van der Waals surface area contributed by atoms with Crippen molar-refractivity contribution in [3.05, 3.63) is 64.2 Å². The van der Waals surface area contributed by atoms with Gasteiger partial charge in [0.25, 0.3) is 5.69 Å². The van der Waals surface area contributed by atoms with E-state index in [0.29, 0.717) is 0 Å². The Labute approximate surface area is 141 Å². The molecule has 1 fully saturated rings. The minimum atomic E-state index is -0.360. The van der Waals surface area contributed by atoms with E-state index < -0.39 is 0 Å². The van der Waals surface area contributed by atoms with Crippen LogP contribution in [0.15, 0.2) is 48.5 Å². The quantitative estimate of drug-likeness (QED) is 0.668. The van der Waals surface area contributed by atoms with Gasteiger partial charge in [0.1, 0.15) is 12.3 Å². The number of piperazine rings is 1. The summed E-state index contributed by atoms with van der Waals surface area (Å²) < 4.78 is 5.19. The lowest BCUT2D eigenvalue weighted by atomic mass is 10.2. The van der Waals surface area contributed by atoms with E-state index >= 15 is 0 Å². The summed E-state index contributed by atoms with van der Waals surface area (Å²) in [5.41, 5.74) is 2.52. The Kier molecular flexibility index (Phi) is 4.96. The van der Waals surface area contributed by atoms with Gasteiger partial charge in [0.2, 0.25) is 0 Å². The van der Waals surface area contributed by atoms with E-state index in [1.807, 2.05) is 24.3 Å². The third kappa shape index (κ3) is 3.83. The van der Waals surface area contributed by atoms with Crippen molar-refractivity contribution in [2.45, 2.75) is 6.54 Å². The number of non-ortho nitro benzene ring substituents is 1. The molecule has 2 aromatic rings. The van der Waals surface area contributed by atoms with E-state index in [0.717, 1.165) is 44.2 Å². The second-order valence-electron chi connectivity index (χ2n) is 6.04. The van der Waals surface area contributed by atoms with Crippen LogP contribution in [0, 0.1) is 10.1 Å². The molecule has 0 bridgehead atoms. The Morgan fingerprint density at radius 3 is 2.25 bits per heavy atom. The third-order valence-electron chi connectivity index (χ3n) is 4.51. The minimum absolute atomic E-state index is 0.141. The summed E-state index contributed by atoms with van der Waals surface area (Å²) in [5.74, 6) is 0.886. The number of methoxy groups -OCH3 is 1. The van der Waals surface area contributed by atoms with Gasteiger partial charge in [-0.15, -0.1) is 0 Å². The summed E-state index contributed by atoms with van der Waals surface area (Å²) >= 11 is 0. The van der Waals surface area contributed by atoms with Gasteiger partial charge in [0.05, 0.1) is 38.2 Å².